The lowest BCUT2D eigenvalue weighted by atomic mass is 9.85. The fourth-order valence-electron chi connectivity index (χ4n) is 4.45. The topological polar surface area (TPSA) is 119 Å². The third-order valence-electron chi connectivity index (χ3n) is 7.83. The minimum absolute atomic E-state index is 0.0145. The van der Waals surface area contributed by atoms with Crippen LogP contribution in [-0.2, 0) is 33.1 Å². The molecular formula is C25H43NO8Si. The monoisotopic (exact) mass is 513 g/mol. The maximum Gasteiger partial charge on any atom is 0.328 e. The lowest BCUT2D eigenvalue weighted by molar-refractivity contribution is -0.257. The van der Waals surface area contributed by atoms with Gasteiger partial charge in [0, 0.05) is 18.9 Å². The summed E-state index contributed by atoms with van der Waals surface area (Å²) < 4.78 is 17.9. The van der Waals surface area contributed by atoms with Crippen LogP contribution in [-0.4, -0.2) is 79.5 Å². The van der Waals surface area contributed by atoms with Crippen LogP contribution in [0.2, 0.25) is 18.1 Å². The number of rotatable bonds is 8. The van der Waals surface area contributed by atoms with Gasteiger partial charge in [-0.15, -0.1) is 0 Å². The van der Waals surface area contributed by atoms with Crippen molar-refractivity contribution in [1.82, 2.24) is 4.90 Å². The Morgan fingerprint density at radius 2 is 1.77 bits per heavy atom. The lowest BCUT2D eigenvalue weighted by Gasteiger charge is -2.50. The summed E-state index contributed by atoms with van der Waals surface area (Å²) in [5, 5.41) is 9.90. The maximum atomic E-state index is 14.1. The molecule has 1 unspecified atom stereocenters. The molecule has 10 heteroatoms. The summed E-state index contributed by atoms with van der Waals surface area (Å²) in [5.41, 5.74) is 0. The Kier molecular flexibility index (Phi) is 9.46. The minimum atomic E-state index is -2.64. The Morgan fingerprint density at radius 1 is 1.14 bits per heavy atom. The second-order valence-electron chi connectivity index (χ2n) is 11.5. The molecular weight excluding hydrogens is 470 g/mol. The van der Waals surface area contributed by atoms with E-state index < -0.39 is 55.9 Å². The van der Waals surface area contributed by atoms with Crippen molar-refractivity contribution in [3.63, 3.8) is 0 Å². The molecule has 200 valence electrons. The van der Waals surface area contributed by atoms with Crippen LogP contribution in [0.1, 0.15) is 73.1 Å². The van der Waals surface area contributed by atoms with E-state index in [9.17, 15) is 24.3 Å². The number of hydrogen-bond acceptors (Lipinski definition) is 8. The van der Waals surface area contributed by atoms with Gasteiger partial charge in [0.05, 0.1) is 13.2 Å². The smallest absolute Gasteiger partial charge is 0.328 e. The Hall–Kier alpha value is -1.62. The van der Waals surface area contributed by atoms with Crippen molar-refractivity contribution in [2.75, 3.05) is 13.7 Å². The van der Waals surface area contributed by atoms with Crippen molar-refractivity contribution in [2.45, 2.75) is 115 Å². The van der Waals surface area contributed by atoms with E-state index in [1.165, 1.54) is 18.9 Å². The molecule has 5 atom stereocenters. The maximum absolute atomic E-state index is 14.1. The highest BCUT2D eigenvalue weighted by Crippen LogP contribution is 2.45. The number of carbonyl (C=O) groups excluding carboxylic acids is 4. The highest BCUT2D eigenvalue weighted by atomic mass is 28.4. The molecule has 0 spiro atoms. The quantitative estimate of drug-likeness (QED) is 0.299. The van der Waals surface area contributed by atoms with E-state index in [1.807, 2.05) is 40.8 Å². The van der Waals surface area contributed by atoms with E-state index in [0.717, 1.165) is 6.42 Å². The normalized spacial score (nSPS) is 28.8. The van der Waals surface area contributed by atoms with Crippen LogP contribution in [0.5, 0.6) is 0 Å². The van der Waals surface area contributed by atoms with E-state index in [2.05, 4.69) is 0 Å². The van der Waals surface area contributed by atoms with Gasteiger partial charge in [0.25, 0.3) is 11.7 Å². The van der Waals surface area contributed by atoms with Crippen LogP contribution in [0.3, 0.4) is 0 Å². The second-order valence-corrected chi connectivity index (χ2v) is 16.2. The number of ketones is 2. The SMILES string of the molecule is COC(=O)[C@@H]1CCCCN1C(=O)C(=O)C1(O[Si](C)(C)C(C)(C)C)O[C@H](C[C@H](O)C(C)=O)CC[C@H]1C. The Morgan fingerprint density at radius 3 is 2.31 bits per heavy atom. The van der Waals surface area contributed by atoms with Crippen LogP contribution in [0, 0.1) is 5.92 Å². The number of hydrogen-bond donors (Lipinski definition) is 1. The third kappa shape index (κ3) is 6.39. The standard InChI is InChI=1S/C25H43NO8Si/c1-16-12-13-18(15-20(28)17(2)27)33-25(16,34-35(7,8)24(3,4)5)21(29)22(30)26-14-10-9-11-19(26)23(31)32-6/h16,18-20,28H,9-15H2,1-8H3/t16-,18+,19+,20+,25?/m1/s1. The van der Waals surface area contributed by atoms with Crippen LogP contribution in [0.15, 0.2) is 0 Å². The fraction of sp³-hybridized carbons (Fsp3) is 0.840. The van der Waals surface area contributed by atoms with E-state index in [0.29, 0.717) is 25.7 Å². The minimum Gasteiger partial charge on any atom is -0.467 e. The molecule has 1 amide bonds. The fourth-order valence-corrected chi connectivity index (χ4v) is 5.85. The highest BCUT2D eigenvalue weighted by molar-refractivity contribution is 6.74. The first-order chi connectivity index (χ1) is 16.1. The van der Waals surface area contributed by atoms with Gasteiger partial charge in [-0.3, -0.25) is 14.4 Å². The summed E-state index contributed by atoms with van der Waals surface area (Å²) in [4.78, 5) is 53.1. The Labute approximate surface area is 210 Å². The van der Waals surface area contributed by atoms with Crippen LogP contribution < -0.4 is 0 Å². The molecule has 0 radical (unpaired) electrons. The average Bonchev–Trinajstić information content (AvgIpc) is 2.78. The molecule has 0 aromatic carbocycles. The first-order valence-electron chi connectivity index (χ1n) is 12.6. The summed E-state index contributed by atoms with van der Waals surface area (Å²) in [6, 6.07) is -0.829. The number of aliphatic hydroxyl groups is 1. The number of amides is 1. The van der Waals surface area contributed by atoms with Gasteiger partial charge in [0.2, 0.25) is 5.79 Å². The zero-order chi connectivity index (χ0) is 26.8. The molecule has 0 saturated carbocycles. The predicted molar refractivity (Wildman–Crippen MR) is 132 cm³/mol. The number of Topliss-reactive ketones (excluding diaryl/α,β-unsaturated/α-hetero) is 2. The number of aliphatic hydroxyl groups excluding tert-OH is 1. The van der Waals surface area contributed by atoms with Crippen molar-refractivity contribution in [1.29, 1.82) is 0 Å². The molecule has 0 aromatic rings. The van der Waals surface area contributed by atoms with E-state index in [-0.39, 0.29) is 23.8 Å². The summed E-state index contributed by atoms with van der Waals surface area (Å²) in [7, 11) is -1.37. The summed E-state index contributed by atoms with van der Waals surface area (Å²) in [5.74, 6) is -4.91. The second kappa shape index (κ2) is 11.2. The molecule has 35 heavy (non-hydrogen) atoms. The van der Waals surface area contributed by atoms with E-state index in [1.54, 1.807) is 0 Å². The van der Waals surface area contributed by atoms with Gasteiger partial charge in [-0.25, -0.2) is 4.79 Å². The number of nitrogens with zero attached hydrogens (tertiary/aromatic N) is 1. The lowest BCUT2D eigenvalue weighted by Crippen LogP contribution is -2.65. The van der Waals surface area contributed by atoms with Crippen molar-refractivity contribution in [3.8, 4) is 0 Å². The number of likely N-dealkylation sites (tertiary alicyclic amines) is 1. The largest absolute Gasteiger partial charge is 0.467 e. The number of ether oxygens (including phenoxy) is 2. The van der Waals surface area contributed by atoms with Crippen LogP contribution in [0.25, 0.3) is 0 Å². The van der Waals surface area contributed by atoms with Gasteiger partial charge in [-0.2, -0.15) is 0 Å². The van der Waals surface area contributed by atoms with Crippen molar-refractivity contribution < 1.29 is 38.2 Å². The number of piperidine rings is 1. The summed E-state index contributed by atoms with van der Waals surface area (Å²) >= 11 is 0. The summed E-state index contributed by atoms with van der Waals surface area (Å²) in [6.45, 7) is 13.4. The molecule has 2 rings (SSSR count). The first-order valence-corrected chi connectivity index (χ1v) is 15.5. The molecule has 0 bridgehead atoms. The van der Waals surface area contributed by atoms with Crippen LogP contribution in [0.4, 0.5) is 0 Å². The number of methoxy groups -OCH3 is 1. The molecule has 2 aliphatic rings. The third-order valence-corrected chi connectivity index (χ3v) is 12.3. The highest BCUT2D eigenvalue weighted by Gasteiger charge is 2.58. The van der Waals surface area contributed by atoms with E-state index >= 15 is 0 Å². The number of esters is 1. The molecule has 0 aliphatic carbocycles. The Bertz CT molecular complexity index is 823. The first kappa shape index (κ1) is 29.6. The van der Waals surface area contributed by atoms with Gasteiger partial charge in [0.15, 0.2) is 14.1 Å². The predicted octanol–water partition coefficient (Wildman–Crippen LogP) is 2.98. The van der Waals surface area contributed by atoms with Gasteiger partial charge >= 0.3 is 5.97 Å². The molecule has 1 N–H and O–H groups in total. The molecule has 2 heterocycles. The van der Waals surface area contributed by atoms with Gasteiger partial charge in [0.1, 0.15) is 12.1 Å². The van der Waals surface area contributed by atoms with Crippen molar-refractivity contribution >= 4 is 31.8 Å². The Balaban J connectivity index is 2.49. The van der Waals surface area contributed by atoms with Crippen molar-refractivity contribution in [2.24, 2.45) is 5.92 Å². The van der Waals surface area contributed by atoms with Gasteiger partial charge in [-0.05, 0) is 57.2 Å². The van der Waals surface area contributed by atoms with Gasteiger partial charge in [-0.1, -0.05) is 27.7 Å². The van der Waals surface area contributed by atoms with E-state index in [4.69, 9.17) is 13.9 Å². The molecule has 0 aromatic heterocycles. The zero-order valence-electron chi connectivity index (χ0n) is 22.5. The van der Waals surface area contributed by atoms with Gasteiger partial charge < -0.3 is 23.9 Å². The average molecular weight is 514 g/mol. The molecule has 2 aliphatic heterocycles. The van der Waals surface area contributed by atoms with Crippen LogP contribution >= 0.6 is 0 Å². The zero-order valence-corrected chi connectivity index (χ0v) is 23.5. The molecule has 2 saturated heterocycles. The van der Waals surface area contributed by atoms with Crippen molar-refractivity contribution in [3.05, 3.63) is 0 Å². The number of carbonyl (C=O) groups is 4. The molecule has 9 nitrogen and oxygen atoms in total. The molecule has 2 fully saturated rings. The summed E-state index contributed by atoms with van der Waals surface area (Å²) in [6.07, 6.45) is 1.04.